The molecular weight excluding hydrogens is 358 g/mol. The minimum atomic E-state index is -0.153. The van der Waals surface area contributed by atoms with Gasteiger partial charge in [0.25, 0.3) is 11.8 Å². The predicted octanol–water partition coefficient (Wildman–Crippen LogP) is 4.28. The Balaban J connectivity index is 1.18. The molecule has 0 saturated heterocycles. The average Bonchev–Trinajstić information content (AvgIpc) is 3.26. The van der Waals surface area contributed by atoms with E-state index in [2.05, 4.69) is 15.5 Å². The molecule has 0 radical (unpaired) electrons. The van der Waals surface area contributed by atoms with Crippen LogP contribution in [0.15, 0.2) is 59.9 Å². The van der Waals surface area contributed by atoms with Crippen LogP contribution < -0.4 is 0 Å². The Kier molecular flexibility index (Phi) is 5.25. The van der Waals surface area contributed by atoms with Crippen molar-refractivity contribution in [3.8, 4) is 0 Å². The quantitative estimate of drug-likeness (QED) is 0.333. The number of nitrogens with zero attached hydrogens (tertiary/aromatic N) is 3. The summed E-state index contributed by atoms with van der Waals surface area (Å²) in [5, 5.41) is 1.20. The third kappa shape index (κ3) is 3.62. The molecule has 0 spiro atoms. The van der Waals surface area contributed by atoms with E-state index >= 15 is 0 Å². The molecule has 5 nitrogen and oxygen atoms in total. The highest BCUT2D eigenvalue weighted by molar-refractivity contribution is 7.99. The number of benzene rings is 1. The molecule has 1 aliphatic rings. The van der Waals surface area contributed by atoms with Crippen molar-refractivity contribution < 1.29 is 9.59 Å². The second-order valence-corrected chi connectivity index (χ2v) is 7.70. The summed E-state index contributed by atoms with van der Waals surface area (Å²) >= 11 is 1.83. The SMILES string of the molecule is O=C1c2ccccc2C(=O)N1CCCCCCSc1cccc2nccn12. The van der Waals surface area contributed by atoms with Crippen LogP contribution in [0.2, 0.25) is 0 Å². The smallest absolute Gasteiger partial charge is 0.261 e. The van der Waals surface area contributed by atoms with Crippen LogP contribution in [0.5, 0.6) is 0 Å². The van der Waals surface area contributed by atoms with Crippen LogP contribution in [0.1, 0.15) is 46.4 Å². The highest BCUT2D eigenvalue weighted by Crippen LogP contribution is 2.23. The summed E-state index contributed by atoms with van der Waals surface area (Å²) in [5.41, 5.74) is 2.04. The van der Waals surface area contributed by atoms with Gasteiger partial charge in [0, 0.05) is 18.9 Å². The third-order valence-corrected chi connectivity index (χ3v) is 5.92. The number of carbonyl (C=O) groups is 2. The largest absolute Gasteiger partial charge is 0.294 e. The van der Waals surface area contributed by atoms with Gasteiger partial charge in [0.05, 0.1) is 16.2 Å². The molecule has 0 unspecified atom stereocenters. The summed E-state index contributed by atoms with van der Waals surface area (Å²) < 4.78 is 2.10. The lowest BCUT2D eigenvalue weighted by atomic mass is 10.1. The molecule has 0 N–H and O–H groups in total. The number of carbonyl (C=O) groups excluding carboxylic acids is 2. The van der Waals surface area contributed by atoms with Crippen LogP contribution in [0.3, 0.4) is 0 Å². The Morgan fingerprint density at radius 3 is 2.37 bits per heavy atom. The molecule has 4 rings (SSSR count). The number of hydrogen-bond acceptors (Lipinski definition) is 4. The van der Waals surface area contributed by atoms with Crippen molar-refractivity contribution >= 4 is 29.2 Å². The van der Waals surface area contributed by atoms with Gasteiger partial charge in [-0.1, -0.05) is 31.0 Å². The maximum Gasteiger partial charge on any atom is 0.261 e. The molecule has 0 aliphatic carbocycles. The van der Waals surface area contributed by atoms with E-state index in [0.717, 1.165) is 37.1 Å². The maximum absolute atomic E-state index is 12.3. The summed E-state index contributed by atoms with van der Waals surface area (Å²) in [7, 11) is 0. The van der Waals surface area contributed by atoms with Crippen LogP contribution in [0.4, 0.5) is 0 Å². The normalized spacial score (nSPS) is 13.6. The molecule has 0 bridgehead atoms. The van der Waals surface area contributed by atoms with E-state index in [1.807, 2.05) is 36.3 Å². The van der Waals surface area contributed by atoms with E-state index < -0.39 is 0 Å². The van der Waals surface area contributed by atoms with Gasteiger partial charge >= 0.3 is 0 Å². The topological polar surface area (TPSA) is 54.7 Å². The number of imidazole rings is 1. The Morgan fingerprint density at radius 2 is 1.59 bits per heavy atom. The molecule has 2 aromatic heterocycles. The number of imide groups is 1. The Morgan fingerprint density at radius 1 is 0.852 bits per heavy atom. The van der Waals surface area contributed by atoms with Crippen molar-refractivity contribution in [3.63, 3.8) is 0 Å². The van der Waals surface area contributed by atoms with Gasteiger partial charge in [-0.2, -0.15) is 0 Å². The molecule has 1 aromatic carbocycles. The lowest BCUT2D eigenvalue weighted by molar-refractivity contribution is 0.0651. The van der Waals surface area contributed by atoms with Crippen molar-refractivity contribution in [2.24, 2.45) is 0 Å². The minimum absolute atomic E-state index is 0.153. The molecule has 0 saturated carbocycles. The molecule has 0 atom stereocenters. The van der Waals surface area contributed by atoms with Gasteiger partial charge < -0.3 is 0 Å². The number of hydrogen-bond donors (Lipinski definition) is 0. The Labute approximate surface area is 162 Å². The molecule has 6 heteroatoms. The first-order valence-corrected chi connectivity index (χ1v) is 10.2. The summed E-state index contributed by atoms with van der Waals surface area (Å²) in [6.07, 6.45) is 7.88. The predicted molar refractivity (Wildman–Crippen MR) is 106 cm³/mol. The van der Waals surface area contributed by atoms with Crippen molar-refractivity contribution in [1.29, 1.82) is 0 Å². The van der Waals surface area contributed by atoms with Gasteiger partial charge in [-0.15, -0.1) is 11.8 Å². The first-order valence-electron chi connectivity index (χ1n) is 9.26. The van der Waals surface area contributed by atoms with Crippen LogP contribution in [0.25, 0.3) is 5.65 Å². The molecule has 0 fully saturated rings. The summed E-state index contributed by atoms with van der Waals surface area (Å²) in [4.78, 5) is 30.3. The number of aromatic nitrogens is 2. The van der Waals surface area contributed by atoms with Crippen LogP contribution >= 0.6 is 11.8 Å². The van der Waals surface area contributed by atoms with Gasteiger partial charge in [0.2, 0.25) is 0 Å². The van der Waals surface area contributed by atoms with E-state index in [4.69, 9.17) is 0 Å². The zero-order valence-electron chi connectivity index (χ0n) is 15.0. The first-order chi connectivity index (χ1) is 13.3. The Hall–Kier alpha value is -2.60. The van der Waals surface area contributed by atoms with E-state index in [1.54, 1.807) is 24.3 Å². The highest BCUT2D eigenvalue weighted by atomic mass is 32.2. The molecule has 3 aromatic rings. The number of pyridine rings is 1. The second kappa shape index (κ2) is 7.96. The monoisotopic (exact) mass is 379 g/mol. The van der Waals surface area contributed by atoms with Gasteiger partial charge in [-0.25, -0.2) is 4.98 Å². The molecule has 2 amide bonds. The van der Waals surface area contributed by atoms with Gasteiger partial charge in [0.1, 0.15) is 5.65 Å². The fraction of sp³-hybridized carbons (Fsp3) is 0.286. The maximum atomic E-state index is 12.3. The average molecular weight is 379 g/mol. The van der Waals surface area contributed by atoms with Crippen molar-refractivity contribution in [2.75, 3.05) is 12.3 Å². The molecular formula is C21H21N3O2S. The van der Waals surface area contributed by atoms with E-state index in [9.17, 15) is 9.59 Å². The van der Waals surface area contributed by atoms with Crippen LogP contribution in [0, 0.1) is 0 Å². The number of rotatable bonds is 8. The summed E-state index contributed by atoms with van der Waals surface area (Å²) in [6.45, 7) is 0.508. The minimum Gasteiger partial charge on any atom is -0.294 e. The zero-order valence-corrected chi connectivity index (χ0v) is 15.8. The van der Waals surface area contributed by atoms with Gasteiger partial charge in [-0.05, 0) is 42.9 Å². The summed E-state index contributed by atoms with van der Waals surface area (Å²) in [6, 6.07) is 13.2. The molecule has 27 heavy (non-hydrogen) atoms. The second-order valence-electron chi connectivity index (χ2n) is 6.59. The standard InChI is InChI=1S/C21H21N3O2S/c25-20-16-8-3-4-9-17(16)21(26)24(20)13-5-1-2-6-15-27-19-11-7-10-18-22-12-14-23(18)19/h3-4,7-12,14H,1-2,5-6,13,15H2. The number of fused-ring (bicyclic) bond motifs is 2. The molecule has 3 heterocycles. The van der Waals surface area contributed by atoms with Gasteiger partial charge in [-0.3, -0.25) is 18.9 Å². The first kappa shape index (κ1) is 17.8. The van der Waals surface area contributed by atoms with Crippen molar-refractivity contribution in [1.82, 2.24) is 14.3 Å². The van der Waals surface area contributed by atoms with E-state index in [1.165, 1.54) is 9.93 Å². The number of thioether (sulfide) groups is 1. The van der Waals surface area contributed by atoms with Crippen LogP contribution in [-0.4, -0.2) is 38.4 Å². The van der Waals surface area contributed by atoms with Crippen molar-refractivity contribution in [2.45, 2.75) is 30.7 Å². The molecule has 138 valence electrons. The third-order valence-electron chi connectivity index (χ3n) is 4.80. The fourth-order valence-corrected chi connectivity index (χ4v) is 4.41. The number of unbranched alkanes of at least 4 members (excludes halogenated alkanes) is 3. The summed E-state index contributed by atoms with van der Waals surface area (Å²) in [5.74, 6) is 0.740. The zero-order chi connectivity index (χ0) is 18.6. The fourth-order valence-electron chi connectivity index (χ4n) is 3.38. The highest BCUT2D eigenvalue weighted by Gasteiger charge is 2.34. The van der Waals surface area contributed by atoms with Gasteiger partial charge in [0.15, 0.2) is 0 Å². The van der Waals surface area contributed by atoms with E-state index in [0.29, 0.717) is 17.7 Å². The Bertz CT molecular complexity index is 947. The number of amides is 2. The lowest BCUT2D eigenvalue weighted by Gasteiger charge is -2.13. The van der Waals surface area contributed by atoms with Crippen LogP contribution in [-0.2, 0) is 0 Å². The van der Waals surface area contributed by atoms with E-state index in [-0.39, 0.29) is 11.8 Å². The van der Waals surface area contributed by atoms with Crippen molar-refractivity contribution in [3.05, 3.63) is 66.0 Å². The molecule has 1 aliphatic heterocycles. The lowest BCUT2D eigenvalue weighted by Crippen LogP contribution is -2.30.